The Balaban J connectivity index is 1.75. The maximum absolute atomic E-state index is 13.0. The molecule has 1 heterocycles. The van der Waals surface area contributed by atoms with Crippen LogP contribution in [0.2, 0.25) is 0 Å². The van der Waals surface area contributed by atoms with Gasteiger partial charge >= 0.3 is 0 Å². The summed E-state index contributed by atoms with van der Waals surface area (Å²) in [7, 11) is 0. The van der Waals surface area contributed by atoms with Gasteiger partial charge in [0.05, 0.1) is 5.25 Å². The molecule has 5 heteroatoms. The first kappa shape index (κ1) is 16.7. The summed E-state index contributed by atoms with van der Waals surface area (Å²) in [5, 5.41) is -0.265. The van der Waals surface area contributed by atoms with Gasteiger partial charge in [-0.15, -0.1) is 11.8 Å². The van der Waals surface area contributed by atoms with Crippen LogP contribution in [-0.4, -0.2) is 23.5 Å². The van der Waals surface area contributed by atoms with Crippen molar-refractivity contribution in [2.24, 2.45) is 0 Å². The molecule has 0 saturated carbocycles. The molecule has 1 aliphatic rings. The maximum Gasteiger partial charge on any atom is 0.223 e. The van der Waals surface area contributed by atoms with Crippen molar-refractivity contribution >= 4 is 29.1 Å². The number of benzene rings is 2. The van der Waals surface area contributed by atoms with Crippen LogP contribution in [-0.2, 0) is 11.2 Å². The molecular weight excluding hydrogens is 325 g/mol. The lowest BCUT2D eigenvalue weighted by molar-refractivity contribution is -0.116. The Morgan fingerprint density at radius 3 is 2.54 bits per heavy atom. The standard InChI is InChI=1S/C19H18FNO2S/c1-12(24-17-6-4-16(20)5-7-17)19(23)15-3-8-18-14(11-15)9-10-21(18)13(2)22/h3-8,11-12H,9-10H2,1-2H3/t12-/m1/s1. The van der Waals surface area contributed by atoms with Crippen LogP contribution in [0.4, 0.5) is 10.1 Å². The second kappa shape index (κ2) is 6.77. The number of ketones is 1. The van der Waals surface area contributed by atoms with Crippen molar-refractivity contribution in [2.75, 3.05) is 11.4 Å². The molecule has 0 aromatic heterocycles. The number of hydrogen-bond acceptors (Lipinski definition) is 3. The van der Waals surface area contributed by atoms with Crippen molar-refractivity contribution in [3.05, 3.63) is 59.4 Å². The van der Waals surface area contributed by atoms with E-state index in [-0.39, 0.29) is 22.8 Å². The van der Waals surface area contributed by atoms with Gasteiger partial charge in [-0.1, -0.05) is 0 Å². The lowest BCUT2D eigenvalue weighted by atomic mass is 10.0. The lowest BCUT2D eigenvalue weighted by Crippen LogP contribution is -2.25. The van der Waals surface area contributed by atoms with Crippen LogP contribution in [0.15, 0.2) is 47.4 Å². The van der Waals surface area contributed by atoms with E-state index in [0.29, 0.717) is 12.1 Å². The molecule has 0 spiro atoms. The largest absolute Gasteiger partial charge is 0.312 e. The molecule has 3 nitrogen and oxygen atoms in total. The second-order valence-corrected chi connectivity index (χ2v) is 7.26. The first-order valence-electron chi connectivity index (χ1n) is 7.83. The number of carbonyl (C=O) groups excluding carboxylic acids is 2. The quantitative estimate of drug-likeness (QED) is 0.620. The third-order valence-corrected chi connectivity index (χ3v) is 5.25. The molecule has 0 N–H and O–H groups in total. The molecule has 0 bridgehead atoms. The maximum atomic E-state index is 13.0. The van der Waals surface area contributed by atoms with Crippen molar-refractivity contribution in [1.29, 1.82) is 0 Å². The van der Waals surface area contributed by atoms with Crippen molar-refractivity contribution in [1.82, 2.24) is 0 Å². The molecule has 1 aliphatic heterocycles. The van der Waals surface area contributed by atoms with Crippen LogP contribution in [0.25, 0.3) is 0 Å². The Morgan fingerprint density at radius 2 is 1.88 bits per heavy atom. The van der Waals surface area contributed by atoms with Gasteiger partial charge < -0.3 is 4.90 Å². The molecule has 0 aliphatic carbocycles. The van der Waals surface area contributed by atoms with Crippen molar-refractivity contribution in [3.8, 4) is 0 Å². The molecule has 24 heavy (non-hydrogen) atoms. The third-order valence-electron chi connectivity index (χ3n) is 4.14. The first-order valence-corrected chi connectivity index (χ1v) is 8.71. The van der Waals surface area contributed by atoms with Gasteiger partial charge in [-0.2, -0.15) is 0 Å². The molecule has 124 valence electrons. The Bertz CT molecular complexity index is 788. The van der Waals surface area contributed by atoms with Gasteiger partial charge in [0.15, 0.2) is 5.78 Å². The van der Waals surface area contributed by atoms with Crippen LogP contribution in [0.1, 0.15) is 29.8 Å². The van der Waals surface area contributed by atoms with Crippen molar-refractivity contribution in [3.63, 3.8) is 0 Å². The van der Waals surface area contributed by atoms with Gasteiger partial charge in [-0.25, -0.2) is 4.39 Å². The predicted octanol–water partition coefficient (Wildman–Crippen LogP) is 4.10. The van der Waals surface area contributed by atoms with Crippen LogP contribution < -0.4 is 4.90 Å². The number of rotatable bonds is 4. The minimum Gasteiger partial charge on any atom is -0.312 e. The summed E-state index contributed by atoms with van der Waals surface area (Å²) in [5.74, 6) is -0.228. The SMILES string of the molecule is CC(=O)N1CCc2cc(C(=O)[C@@H](C)Sc3ccc(F)cc3)ccc21. The number of carbonyl (C=O) groups is 2. The average Bonchev–Trinajstić information content (AvgIpc) is 2.99. The fourth-order valence-electron chi connectivity index (χ4n) is 2.89. The lowest BCUT2D eigenvalue weighted by Gasteiger charge is -2.15. The van der Waals surface area contributed by atoms with Gasteiger partial charge in [0.25, 0.3) is 0 Å². The van der Waals surface area contributed by atoms with Gasteiger partial charge in [0, 0.05) is 29.6 Å². The summed E-state index contributed by atoms with van der Waals surface area (Å²) >= 11 is 1.41. The zero-order valence-corrected chi connectivity index (χ0v) is 14.4. The Labute approximate surface area is 144 Å². The monoisotopic (exact) mass is 343 g/mol. The van der Waals surface area contributed by atoms with E-state index in [1.165, 1.54) is 23.9 Å². The summed E-state index contributed by atoms with van der Waals surface area (Å²) in [5.41, 5.74) is 2.59. The van der Waals surface area contributed by atoms with E-state index in [1.54, 1.807) is 30.0 Å². The van der Waals surface area contributed by atoms with Crippen LogP contribution in [0.5, 0.6) is 0 Å². The number of thioether (sulfide) groups is 1. The van der Waals surface area contributed by atoms with Crippen LogP contribution in [0.3, 0.4) is 0 Å². The van der Waals surface area contributed by atoms with E-state index in [2.05, 4.69) is 0 Å². The fraction of sp³-hybridized carbons (Fsp3) is 0.263. The molecule has 2 aromatic rings. The molecule has 1 atom stereocenters. The van der Waals surface area contributed by atoms with Gasteiger partial charge in [0.1, 0.15) is 5.82 Å². The summed E-state index contributed by atoms with van der Waals surface area (Å²) in [4.78, 5) is 26.8. The number of nitrogens with zero attached hydrogens (tertiary/aromatic N) is 1. The fourth-order valence-corrected chi connectivity index (χ4v) is 3.83. The third kappa shape index (κ3) is 3.36. The number of halogens is 1. The molecule has 0 radical (unpaired) electrons. The second-order valence-electron chi connectivity index (χ2n) is 5.84. The van der Waals surface area contributed by atoms with Gasteiger partial charge in [-0.3, -0.25) is 9.59 Å². The minimum absolute atomic E-state index is 0.0214. The molecule has 0 unspecified atom stereocenters. The van der Waals surface area contributed by atoms with Gasteiger partial charge in [0.2, 0.25) is 5.91 Å². The molecular formula is C19H18FNO2S. The summed E-state index contributed by atoms with van der Waals surface area (Å²) in [6.45, 7) is 4.07. The van der Waals surface area contributed by atoms with Crippen LogP contribution in [0, 0.1) is 5.82 Å². The molecule has 2 aromatic carbocycles. The molecule has 3 rings (SSSR count). The zero-order chi connectivity index (χ0) is 17.3. The number of fused-ring (bicyclic) bond motifs is 1. The van der Waals surface area contributed by atoms with Gasteiger partial charge in [-0.05, 0) is 61.4 Å². The van der Waals surface area contributed by atoms with Crippen LogP contribution >= 0.6 is 11.8 Å². The van der Waals surface area contributed by atoms with E-state index in [0.717, 1.165) is 22.6 Å². The number of anilines is 1. The van der Waals surface area contributed by atoms with E-state index >= 15 is 0 Å². The van der Waals surface area contributed by atoms with E-state index in [1.807, 2.05) is 19.1 Å². The number of Topliss-reactive ketones (excluding diaryl/α,β-unsaturated/α-hetero) is 1. The predicted molar refractivity (Wildman–Crippen MR) is 94.2 cm³/mol. The summed E-state index contributed by atoms with van der Waals surface area (Å²) < 4.78 is 13.0. The van der Waals surface area contributed by atoms with Crippen molar-refractivity contribution < 1.29 is 14.0 Å². The highest BCUT2D eigenvalue weighted by Crippen LogP contribution is 2.31. The number of amides is 1. The Hall–Kier alpha value is -2.14. The zero-order valence-electron chi connectivity index (χ0n) is 13.6. The highest BCUT2D eigenvalue weighted by Gasteiger charge is 2.24. The number of hydrogen-bond donors (Lipinski definition) is 0. The van der Waals surface area contributed by atoms with E-state index in [4.69, 9.17) is 0 Å². The highest BCUT2D eigenvalue weighted by atomic mass is 32.2. The smallest absolute Gasteiger partial charge is 0.223 e. The normalized spacial score (nSPS) is 14.4. The highest BCUT2D eigenvalue weighted by molar-refractivity contribution is 8.00. The average molecular weight is 343 g/mol. The first-order chi connectivity index (χ1) is 11.5. The Kier molecular flexibility index (Phi) is 4.71. The van der Waals surface area contributed by atoms with Crippen molar-refractivity contribution in [2.45, 2.75) is 30.4 Å². The molecule has 0 fully saturated rings. The molecule has 0 saturated heterocycles. The Morgan fingerprint density at radius 1 is 1.17 bits per heavy atom. The topological polar surface area (TPSA) is 37.4 Å². The van der Waals surface area contributed by atoms with E-state index < -0.39 is 0 Å². The molecule has 1 amide bonds. The summed E-state index contributed by atoms with van der Waals surface area (Å²) in [6, 6.07) is 11.7. The van der Waals surface area contributed by atoms with E-state index in [9.17, 15) is 14.0 Å². The summed E-state index contributed by atoms with van der Waals surface area (Å²) in [6.07, 6.45) is 0.773. The minimum atomic E-state index is -0.285.